The zero-order chi connectivity index (χ0) is 16.0. The Morgan fingerprint density at radius 3 is 2.67 bits per heavy atom. The van der Waals surface area contributed by atoms with Crippen LogP contribution in [-0.4, -0.2) is 44.0 Å². The Morgan fingerprint density at radius 2 is 2.14 bits per heavy atom. The summed E-state index contributed by atoms with van der Waals surface area (Å²) in [5.41, 5.74) is -0.196. The van der Waals surface area contributed by atoms with Crippen molar-refractivity contribution in [2.24, 2.45) is 0 Å². The number of terminal acetylenes is 1. The number of aromatic carboxylic acids is 1. The van der Waals surface area contributed by atoms with E-state index in [0.29, 0.717) is 13.0 Å². The summed E-state index contributed by atoms with van der Waals surface area (Å²) in [4.78, 5) is 11.1. The molecule has 21 heavy (non-hydrogen) atoms. The van der Waals surface area contributed by atoms with Crippen LogP contribution in [0.4, 0.5) is 0 Å². The minimum Gasteiger partial charge on any atom is -0.493 e. The Balaban J connectivity index is 3.26. The molecule has 1 N–H and O–H groups in total. The molecule has 6 nitrogen and oxygen atoms in total. The van der Waals surface area contributed by atoms with Crippen molar-refractivity contribution < 1.29 is 23.1 Å². The van der Waals surface area contributed by atoms with Crippen LogP contribution in [0.3, 0.4) is 0 Å². The number of ether oxygens (including phenoxy) is 1. The molecule has 114 valence electrons. The molecule has 1 aromatic rings. The van der Waals surface area contributed by atoms with Crippen molar-refractivity contribution in [3.63, 3.8) is 0 Å². The second-order valence-electron chi connectivity index (χ2n) is 4.28. The highest BCUT2D eigenvalue weighted by Gasteiger charge is 2.23. The first kappa shape index (κ1) is 17.0. The fourth-order valence-corrected chi connectivity index (χ4v) is 2.68. The molecule has 0 aliphatic rings. The molecular weight excluding hydrogens is 294 g/mol. The van der Waals surface area contributed by atoms with Crippen LogP contribution in [0.25, 0.3) is 0 Å². The number of carbonyl (C=O) groups is 1. The summed E-state index contributed by atoms with van der Waals surface area (Å²) in [6.07, 6.45) is 5.80. The molecule has 0 radical (unpaired) electrons. The highest BCUT2D eigenvalue weighted by Crippen LogP contribution is 2.24. The molecule has 1 rings (SSSR count). The van der Waals surface area contributed by atoms with Crippen molar-refractivity contribution in [2.45, 2.75) is 18.2 Å². The fourth-order valence-electron chi connectivity index (χ4n) is 1.57. The van der Waals surface area contributed by atoms with Crippen LogP contribution in [0.2, 0.25) is 0 Å². The predicted octanol–water partition coefficient (Wildman–Crippen LogP) is 1.43. The Hall–Kier alpha value is -2.04. The third-order valence-corrected chi connectivity index (χ3v) is 4.46. The number of carboxylic acid groups (broad SMARTS) is 1. The molecule has 0 aromatic heterocycles. The van der Waals surface area contributed by atoms with Gasteiger partial charge in [0.15, 0.2) is 0 Å². The van der Waals surface area contributed by atoms with Gasteiger partial charge in [-0.05, 0) is 24.6 Å². The molecule has 1 aromatic carbocycles. The molecule has 0 saturated carbocycles. The van der Waals surface area contributed by atoms with E-state index in [4.69, 9.17) is 11.2 Å². The van der Waals surface area contributed by atoms with Crippen molar-refractivity contribution in [1.82, 2.24) is 4.31 Å². The zero-order valence-electron chi connectivity index (χ0n) is 11.9. The smallest absolute Gasteiger partial charge is 0.339 e. The number of rotatable bonds is 7. The zero-order valence-corrected chi connectivity index (χ0v) is 12.7. The van der Waals surface area contributed by atoms with E-state index in [1.807, 2.05) is 6.92 Å². The number of hydrogen-bond donors (Lipinski definition) is 1. The monoisotopic (exact) mass is 311 g/mol. The maximum absolute atomic E-state index is 12.2. The van der Waals surface area contributed by atoms with Crippen LogP contribution in [0.5, 0.6) is 5.75 Å². The first-order valence-electron chi connectivity index (χ1n) is 6.24. The van der Waals surface area contributed by atoms with Gasteiger partial charge in [-0.1, -0.05) is 12.8 Å². The summed E-state index contributed by atoms with van der Waals surface area (Å²) in [5, 5.41) is 9.18. The van der Waals surface area contributed by atoms with Crippen LogP contribution >= 0.6 is 0 Å². The van der Waals surface area contributed by atoms with Crippen LogP contribution in [0, 0.1) is 12.3 Å². The Kier molecular flexibility index (Phi) is 5.76. The van der Waals surface area contributed by atoms with Crippen LogP contribution in [-0.2, 0) is 10.0 Å². The van der Waals surface area contributed by atoms with Gasteiger partial charge >= 0.3 is 5.97 Å². The molecule has 0 heterocycles. The summed E-state index contributed by atoms with van der Waals surface area (Å²) in [5.74, 6) is 1.12. The molecule has 0 unspecified atom stereocenters. The van der Waals surface area contributed by atoms with Crippen molar-refractivity contribution in [3.8, 4) is 18.1 Å². The summed E-state index contributed by atoms with van der Waals surface area (Å²) in [7, 11) is -2.49. The molecule has 0 bridgehead atoms. The van der Waals surface area contributed by atoms with E-state index in [0.717, 1.165) is 10.4 Å². The van der Waals surface area contributed by atoms with E-state index in [-0.39, 0.29) is 22.8 Å². The molecule has 0 aliphatic heterocycles. The van der Waals surface area contributed by atoms with Gasteiger partial charge in [-0.15, -0.1) is 6.42 Å². The van der Waals surface area contributed by atoms with Gasteiger partial charge < -0.3 is 9.84 Å². The average Bonchev–Trinajstić information content (AvgIpc) is 2.44. The third-order valence-electron chi connectivity index (χ3n) is 2.67. The summed E-state index contributed by atoms with van der Waals surface area (Å²) in [6.45, 7) is 2.14. The van der Waals surface area contributed by atoms with Crippen LogP contribution < -0.4 is 4.74 Å². The lowest BCUT2D eigenvalue weighted by atomic mass is 10.2. The lowest BCUT2D eigenvalue weighted by Crippen LogP contribution is -2.27. The van der Waals surface area contributed by atoms with Gasteiger partial charge in [0.2, 0.25) is 10.0 Å². The Morgan fingerprint density at radius 1 is 1.48 bits per heavy atom. The van der Waals surface area contributed by atoms with Gasteiger partial charge in [0.05, 0.1) is 18.0 Å². The molecule has 7 heteroatoms. The summed E-state index contributed by atoms with van der Waals surface area (Å²) >= 11 is 0. The number of sulfonamides is 1. The number of benzene rings is 1. The minimum atomic E-state index is -3.82. The molecule has 0 atom stereocenters. The first-order valence-corrected chi connectivity index (χ1v) is 7.68. The number of hydrogen-bond acceptors (Lipinski definition) is 4. The normalized spacial score (nSPS) is 11.1. The van der Waals surface area contributed by atoms with Gasteiger partial charge in [0.25, 0.3) is 0 Å². The topological polar surface area (TPSA) is 83.9 Å². The Bertz CT molecular complexity index is 660. The van der Waals surface area contributed by atoms with E-state index in [1.54, 1.807) is 0 Å². The standard InChI is InChI=1S/C14H17NO5S/c1-4-8-15(3)21(18,19)11-6-7-13(20-9-5-2)12(10-11)14(16)17/h1,6-7,10H,5,8-9H2,2-3H3,(H,16,17). The van der Waals surface area contributed by atoms with Crippen molar-refractivity contribution in [3.05, 3.63) is 23.8 Å². The van der Waals surface area contributed by atoms with E-state index in [9.17, 15) is 18.3 Å². The van der Waals surface area contributed by atoms with Gasteiger partial charge in [-0.3, -0.25) is 0 Å². The lowest BCUT2D eigenvalue weighted by Gasteiger charge is -2.16. The van der Waals surface area contributed by atoms with Gasteiger partial charge in [-0.25, -0.2) is 13.2 Å². The molecule has 0 amide bonds. The molecule has 0 aliphatic carbocycles. The van der Waals surface area contributed by atoms with Crippen molar-refractivity contribution in [1.29, 1.82) is 0 Å². The van der Waals surface area contributed by atoms with Crippen molar-refractivity contribution >= 4 is 16.0 Å². The van der Waals surface area contributed by atoms with E-state index in [2.05, 4.69) is 5.92 Å². The number of nitrogens with zero attached hydrogens (tertiary/aromatic N) is 1. The molecular formula is C14H17NO5S. The predicted molar refractivity (Wildman–Crippen MR) is 77.8 cm³/mol. The molecule has 0 spiro atoms. The second kappa shape index (κ2) is 7.11. The highest BCUT2D eigenvalue weighted by atomic mass is 32.2. The molecule has 0 saturated heterocycles. The summed E-state index contributed by atoms with van der Waals surface area (Å²) in [6, 6.07) is 3.73. The van der Waals surface area contributed by atoms with Crippen LogP contribution in [0.1, 0.15) is 23.7 Å². The average molecular weight is 311 g/mol. The van der Waals surface area contributed by atoms with Gasteiger partial charge in [0.1, 0.15) is 11.3 Å². The van der Waals surface area contributed by atoms with E-state index >= 15 is 0 Å². The van der Waals surface area contributed by atoms with E-state index in [1.165, 1.54) is 19.2 Å². The quantitative estimate of drug-likeness (QED) is 0.770. The first-order chi connectivity index (χ1) is 9.84. The van der Waals surface area contributed by atoms with Gasteiger partial charge in [0, 0.05) is 7.05 Å². The molecule has 0 fully saturated rings. The van der Waals surface area contributed by atoms with Crippen LogP contribution in [0.15, 0.2) is 23.1 Å². The second-order valence-corrected chi connectivity index (χ2v) is 6.32. The minimum absolute atomic E-state index is 0.0984. The van der Waals surface area contributed by atoms with E-state index < -0.39 is 16.0 Å². The van der Waals surface area contributed by atoms with Gasteiger partial charge in [-0.2, -0.15) is 4.31 Å². The SMILES string of the molecule is C#CCN(C)S(=O)(=O)c1ccc(OCCC)c(C(=O)O)c1. The number of carboxylic acids is 1. The maximum Gasteiger partial charge on any atom is 0.339 e. The fraction of sp³-hybridized carbons (Fsp3) is 0.357. The Labute approximate surface area is 124 Å². The summed E-state index contributed by atoms with van der Waals surface area (Å²) < 4.78 is 30.7. The maximum atomic E-state index is 12.2. The van der Waals surface area contributed by atoms with Crippen molar-refractivity contribution in [2.75, 3.05) is 20.2 Å². The lowest BCUT2D eigenvalue weighted by molar-refractivity contribution is 0.0692. The third kappa shape index (κ3) is 3.97. The highest BCUT2D eigenvalue weighted by molar-refractivity contribution is 7.89. The largest absolute Gasteiger partial charge is 0.493 e.